The van der Waals surface area contributed by atoms with E-state index in [2.05, 4.69) is 0 Å². The van der Waals surface area contributed by atoms with Gasteiger partial charge in [-0.3, -0.25) is 0 Å². The zero-order valence-corrected chi connectivity index (χ0v) is 5.36. The van der Waals surface area contributed by atoms with Crippen molar-refractivity contribution >= 4 is 13.5 Å². The van der Waals surface area contributed by atoms with Crippen molar-refractivity contribution in [2.75, 3.05) is 0 Å². The van der Waals surface area contributed by atoms with Crippen LogP contribution in [0, 0.1) is 0 Å². The molecular formula is Fe2O3S. The van der Waals surface area contributed by atoms with Crippen molar-refractivity contribution in [3.05, 3.63) is 0 Å². The van der Waals surface area contributed by atoms with Crippen molar-refractivity contribution < 1.29 is 50.6 Å². The van der Waals surface area contributed by atoms with E-state index in [0.29, 0.717) is 0 Å². The van der Waals surface area contributed by atoms with Gasteiger partial charge in [0, 0.05) is 13.5 Å². The van der Waals surface area contributed by atoms with Crippen LogP contribution in [0.1, 0.15) is 0 Å². The average Bonchev–Trinajstić information content (AvgIpc) is 0. The molecule has 6 heavy (non-hydrogen) atoms. The van der Waals surface area contributed by atoms with Gasteiger partial charge in [0.2, 0.25) is 0 Å². The van der Waals surface area contributed by atoms with E-state index < -0.39 is 0 Å². The quantitative estimate of drug-likeness (QED) is 0.493. The zero-order chi connectivity index (χ0) is 0. The summed E-state index contributed by atoms with van der Waals surface area (Å²) >= 11 is 0. The van der Waals surface area contributed by atoms with Crippen LogP contribution in [0.5, 0.6) is 0 Å². The van der Waals surface area contributed by atoms with Crippen molar-refractivity contribution in [3.63, 3.8) is 0 Å². The first kappa shape index (κ1) is 177. The molecular weight excluding hydrogens is 192 g/mol. The Balaban J connectivity index is 0. The van der Waals surface area contributed by atoms with Crippen LogP contribution >= 0.6 is 13.5 Å². The molecule has 0 aliphatic heterocycles. The van der Waals surface area contributed by atoms with Crippen LogP contribution in [0.4, 0.5) is 0 Å². The van der Waals surface area contributed by atoms with Gasteiger partial charge in [0.15, 0.2) is 0 Å². The Kier molecular flexibility index (Phi) is 3200. The van der Waals surface area contributed by atoms with Crippen LogP contribution in [-0.4, -0.2) is 0 Å². The van der Waals surface area contributed by atoms with Crippen LogP contribution in [-0.2, 0) is 50.6 Å². The maximum atomic E-state index is 0. The minimum Gasteiger partial charge on any atom is -2.00 e. The Morgan fingerprint density at radius 3 is 0.500 bits per heavy atom. The van der Waals surface area contributed by atoms with Crippen LogP contribution < -0.4 is 0 Å². The molecule has 0 aromatic heterocycles. The molecule has 0 atom stereocenters. The van der Waals surface area contributed by atoms with Gasteiger partial charge in [0.05, 0.1) is 0 Å². The minimum absolute atomic E-state index is 0. The fraction of sp³-hybridized carbons (Fsp3) is 0. The monoisotopic (exact) mass is 192 g/mol. The molecule has 6 heteroatoms. The maximum absolute atomic E-state index is 0. The molecule has 0 saturated heterocycles. The second kappa shape index (κ2) is 108. The van der Waals surface area contributed by atoms with E-state index in [0.717, 1.165) is 0 Å². The van der Waals surface area contributed by atoms with E-state index in [9.17, 15) is 0 Å². The van der Waals surface area contributed by atoms with E-state index >= 15 is 0 Å². The molecule has 0 fully saturated rings. The van der Waals surface area contributed by atoms with Crippen molar-refractivity contribution in [1.29, 1.82) is 0 Å². The van der Waals surface area contributed by atoms with Gasteiger partial charge < -0.3 is 16.4 Å². The van der Waals surface area contributed by atoms with Crippen LogP contribution in [0.15, 0.2) is 0 Å². The predicted molar refractivity (Wildman–Crippen MR) is 9.65 cm³/mol. The molecule has 0 bridgehead atoms. The molecule has 3 nitrogen and oxygen atoms in total. The summed E-state index contributed by atoms with van der Waals surface area (Å²) in [7, 11) is 0. The summed E-state index contributed by atoms with van der Waals surface area (Å²) in [6, 6.07) is 0. The average molecular weight is 192 g/mol. The summed E-state index contributed by atoms with van der Waals surface area (Å²) in [5.41, 5.74) is 0. The molecule has 0 aliphatic rings. The van der Waals surface area contributed by atoms with Gasteiger partial charge in [-0.05, 0) is 0 Å². The van der Waals surface area contributed by atoms with Gasteiger partial charge >= 0.3 is 34.1 Å². The standard InChI is InChI=1S/2Fe.3O.S/q2*+3;3*-2;. The molecule has 0 aliphatic carbocycles. The van der Waals surface area contributed by atoms with Crippen molar-refractivity contribution in [3.8, 4) is 0 Å². The number of hydrogen-bond acceptors (Lipinski definition) is 0. The van der Waals surface area contributed by atoms with E-state index in [1.165, 1.54) is 0 Å². The van der Waals surface area contributed by atoms with Gasteiger partial charge in [0.1, 0.15) is 0 Å². The van der Waals surface area contributed by atoms with Crippen molar-refractivity contribution in [1.82, 2.24) is 0 Å². The molecule has 40 valence electrons. The second-order valence-electron chi connectivity index (χ2n) is 0. The second-order valence-corrected chi connectivity index (χ2v) is 0. The Hall–Kier alpha value is 1.27. The Bertz CT molecular complexity index is 8.75. The topological polar surface area (TPSA) is 85.5 Å². The largest absolute Gasteiger partial charge is 3.00 e. The molecule has 0 aromatic carbocycles. The first-order valence-corrected chi connectivity index (χ1v) is 0. The van der Waals surface area contributed by atoms with Gasteiger partial charge in [-0.25, -0.2) is 0 Å². The molecule has 0 saturated carbocycles. The molecule has 0 unspecified atom stereocenters. The third-order valence-corrected chi connectivity index (χ3v) is 0. The number of hydrogen-bond donors (Lipinski definition) is 0. The van der Waals surface area contributed by atoms with E-state index in [1.54, 1.807) is 0 Å². The predicted octanol–water partition coefficient (Wildman–Crippen LogP) is 0.287. The minimum atomic E-state index is 0. The zero-order valence-electron chi connectivity index (χ0n) is 2.34. The summed E-state index contributed by atoms with van der Waals surface area (Å²) < 4.78 is 0. The SMILES string of the molecule is [Fe+3].[Fe+3].[O-2].[O-2].[O-2].[S]. The van der Waals surface area contributed by atoms with Crippen molar-refractivity contribution in [2.24, 2.45) is 0 Å². The molecule has 4 radical (unpaired) electrons. The van der Waals surface area contributed by atoms with Gasteiger partial charge in [-0.1, -0.05) is 0 Å². The Morgan fingerprint density at radius 1 is 0.500 bits per heavy atom. The fourth-order valence-electron chi connectivity index (χ4n) is 0. The van der Waals surface area contributed by atoms with E-state index in [4.69, 9.17) is 0 Å². The van der Waals surface area contributed by atoms with Crippen LogP contribution in [0.2, 0.25) is 0 Å². The van der Waals surface area contributed by atoms with Crippen molar-refractivity contribution in [2.45, 2.75) is 0 Å². The summed E-state index contributed by atoms with van der Waals surface area (Å²) in [6.45, 7) is 0. The summed E-state index contributed by atoms with van der Waals surface area (Å²) in [5.74, 6) is 0. The summed E-state index contributed by atoms with van der Waals surface area (Å²) in [5, 5.41) is 0. The van der Waals surface area contributed by atoms with E-state index in [-0.39, 0.29) is 64.1 Å². The van der Waals surface area contributed by atoms with Gasteiger partial charge in [-0.2, -0.15) is 0 Å². The van der Waals surface area contributed by atoms with Crippen LogP contribution in [0.3, 0.4) is 0 Å². The van der Waals surface area contributed by atoms with E-state index in [1.807, 2.05) is 0 Å². The number of rotatable bonds is 0. The fourth-order valence-corrected chi connectivity index (χ4v) is 0. The maximum Gasteiger partial charge on any atom is 3.00 e. The molecule has 0 rings (SSSR count). The molecule has 0 heterocycles. The first-order chi connectivity index (χ1) is 0. The molecule has 0 spiro atoms. The normalized spacial score (nSPS) is 0. The Morgan fingerprint density at radius 2 is 0.500 bits per heavy atom. The molecule has 0 aromatic rings. The molecule has 0 amide bonds. The van der Waals surface area contributed by atoms with Gasteiger partial charge in [0.25, 0.3) is 0 Å². The van der Waals surface area contributed by atoms with Gasteiger partial charge in [-0.15, -0.1) is 0 Å². The van der Waals surface area contributed by atoms with Crippen LogP contribution in [0.25, 0.3) is 0 Å². The third kappa shape index (κ3) is 59.6. The summed E-state index contributed by atoms with van der Waals surface area (Å²) in [6.07, 6.45) is 0. The Labute approximate surface area is 64.2 Å². The summed E-state index contributed by atoms with van der Waals surface area (Å²) in [4.78, 5) is 0. The molecule has 0 N–H and O–H groups in total. The first-order valence-electron chi connectivity index (χ1n) is 0. The third-order valence-electron chi connectivity index (χ3n) is 0. The smallest absolute Gasteiger partial charge is 2.00 e.